The third kappa shape index (κ3) is 4.49. The van der Waals surface area contributed by atoms with Gasteiger partial charge in [0.05, 0.1) is 10.5 Å². The van der Waals surface area contributed by atoms with Gasteiger partial charge in [0.25, 0.3) is 5.91 Å². The summed E-state index contributed by atoms with van der Waals surface area (Å²) in [4.78, 5) is 23.7. The zero-order valence-electron chi connectivity index (χ0n) is 18.7. The molecule has 1 unspecified atom stereocenters. The van der Waals surface area contributed by atoms with E-state index in [1.54, 1.807) is 17.2 Å². The van der Waals surface area contributed by atoms with Crippen LogP contribution in [0.4, 0.5) is 5.82 Å². The summed E-state index contributed by atoms with van der Waals surface area (Å²) >= 11 is 8.00. The molecule has 5 rings (SSSR count). The Bertz CT molecular complexity index is 1230. The van der Waals surface area contributed by atoms with E-state index in [0.717, 1.165) is 28.4 Å². The highest BCUT2D eigenvalue weighted by Crippen LogP contribution is 2.42. The topological polar surface area (TPSA) is 116 Å². The van der Waals surface area contributed by atoms with E-state index in [1.165, 1.54) is 18.7 Å². The Morgan fingerprint density at radius 1 is 1.35 bits per heavy atom. The highest BCUT2D eigenvalue weighted by atomic mass is 35.5. The first kappa shape index (κ1) is 23.1. The number of nitrogens with two attached hydrogens (primary N) is 1. The summed E-state index contributed by atoms with van der Waals surface area (Å²) < 4.78 is 13.5. The lowest BCUT2D eigenvalue weighted by Gasteiger charge is -2.20. The van der Waals surface area contributed by atoms with Crippen molar-refractivity contribution < 1.29 is 19.4 Å². The number of fused-ring (bicyclic) bond motifs is 2. The lowest BCUT2D eigenvalue weighted by molar-refractivity contribution is -0.138. The Morgan fingerprint density at radius 2 is 2.12 bits per heavy atom. The van der Waals surface area contributed by atoms with Crippen LogP contribution in [0, 0.1) is 5.92 Å². The molecule has 3 N–H and O–H groups in total. The molecule has 2 aliphatic rings. The van der Waals surface area contributed by atoms with Crippen LogP contribution in [-0.2, 0) is 11.3 Å². The standard InChI is InChI=1S/C23H26ClN5O4S/c1-13(30)22(31)28-6-3-14(12-28)4-7-29-16-2-5-26-21(25)20(16)27-23(29)34-19-11-18-17(10-15(19)24)32-8-9-33-18/h2,5,10-11,13-14,30H,3-4,6-9,12H2,1H3,(H2,25,26)/t13-,14?/m1/s1. The minimum Gasteiger partial charge on any atom is -0.486 e. The van der Waals surface area contributed by atoms with Gasteiger partial charge in [0, 0.05) is 36.8 Å². The number of anilines is 1. The van der Waals surface area contributed by atoms with Gasteiger partial charge in [-0.3, -0.25) is 4.79 Å². The van der Waals surface area contributed by atoms with Crippen molar-refractivity contribution in [1.29, 1.82) is 0 Å². The van der Waals surface area contributed by atoms with Gasteiger partial charge in [0.15, 0.2) is 22.5 Å². The number of benzene rings is 1. The van der Waals surface area contributed by atoms with Gasteiger partial charge in [-0.05, 0) is 49.6 Å². The van der Waals surface area contributed by atoms with Crippen LogP contribution in [0.25, 0.3) is 11.0 Å². The molecule has 11 heteroatoms. The normalized spacial score (nSPS) is 18.4. The summed E-state index contributed by atoms with van der Waals surface area (Å²) in [6.07, 6.45) is 2.48. The van der Waals surface area contributed by atoms with Crippen LogP contribution in [0.3, 0.4) is 0 Å². The summed E-state index contributed by atoms with van der Waals surface area (Å²) in [6.45, 7) is 4.53. The van der Waals surface area contributed by atoms with Crippen LogP contribution in [-0.4, -0.2) is 62.9 Å². The number of aromatic nitrogens is 3. The summed E-state index contributed by atoms with van der Waals surface area (Å²) in [5.74, 6) is 1.81. The number of carbonyl (C=O) groups excluding carboxylic acids is 1. The molecular formula is C23H26ClN5O4S. The van der Waals surface area contributed by atoms with Gasteiger partial charge in [-0.1, -0.05) is 11.6 Å². The van der Waals surface area contributed by atoms with Gasteiger partial charge in [-0.15, -0.1) is 0 Å². The SMILES string of the molecule is C[C@@H](O)C(=O)N1CCC(CCn2c(Sc3cc4c(cc3Cl)OCCO4)nc3c(N)nccc32)C1. The molecule has 4 heterocycles. The molecule has 3 aromatic rings. The van der Waals surface area contributed by atoms with Crippen LogP contribution in [0.15, 0.2) is 34.4 Å². The molecule has 2 aromatic heterocycles. The zero-order chi connectivity index (χ0) is 23.8. The van der Waals surface area contributed by atoms with Crippen molar-refractivity contribution in [3.05, 3.63) is 29.4 Å². The predicted molar refractivity (Wildman–Crippen MR) is 129 cm³/mol. The summed E-state index contributed by atoms with van der Waals surface area (Å²) in [6, 6.07) is 5.56. The fourth-order valence-electron chi connectivity index (χ4n) is 4.41. The largest absolute Gasteiger partial charge is 0.486 e. The average Bonchev–Trinajstić information content (AvgIpc) is 3.43. The molecule has 2 aliphatic heterocycles. The van der Waals surface area contributed by atoms with E-state index in [9.17, 15) is 9.90 Å². The number of nitrogen functional groups attached to an aromatic ring is 1. The maximum Gasteiger partial charge on any atom is 0.251 e. The molecule has 1 aromatic carbocycles. The number of carbonyl (C=O) groups is 1. The molecule has 0 saturated carbocycles. The number of imidazole rings is 1. The second-order valence-corrected chi connectivity index (χ2v) is 9.96. The number of rotatable bonds is 6. The van der Waals surface area contributed by atoms with Crippen LogP contribution in [0.2, 0.25) is 5.02 Å². The van der Waals surface area contributed by atoms with Crippen molar-refractivity contribution in [2.75, 3.05) is 32.0 Å². The Morgan fingerprint density at radius 3 is 2.88 bits per heavy atom. The summed E-state index contributed by atoms with van der Waals surface area (Å²) in [5.41, 5.74) is 7.67. The zero-order valence-corrected chi connectivity index (χ0v) is 20.3. The fraction of sp³-hybridized carbons (Fsp3) is 0.435. The molecule has 9 nitrogen and oxygen atoms in total. The lowest BCUT2D eigenvalue weighted by atomic mass is 10.1. The van der Waals surface area contributed by atoms with Crippen LogP contribution < -0.4 is 15.2 Å². The number of aliphatic hydroxyl groups is 1. The molecule has 1 saturated heterocycles. The molecule has 0 bridgehead atoms. The fourth-order valence-corrected chi connectivity index (χ4v) is 5.64. The van der Waals surface area contributed by atoms with Crippen molar-refractivity contribution in [2.45, 2.75) is 42.5 Å². The molecular weight excluding hydrogens is 478 g/mol. The smallest absolute Gasteiger partial charge is 0.251 e. The highest BCUT2D eigenvalue weighted by molar-refractivity contribution is 7.99. The molecule has 0 aliphatic carbocycles. The van der Waals surface area contributed by atoms with Gasteiger partial charge in [-0.25, -0.2) is 9.97 Å². The molecule has 180 valence electrons. The molecule has 34 heavy (non-hydrogen) atoms. The number of halogens is 1. The highest BCUT2D eigenvalue weighted by Gasteiger charge is 2.28. The van der Waals surface area contributed by atoms with Gasteiger partial charge in [-0.2, -0.15) is 0 Å². The molecule has 0 spiro atoms. The second-order valence-electron chi connectivity index (χ2n) is 8.54. The van der Waals surface area contributed by atoms with E-state index < -0.39 is 6.10 Å². The maximum absolute atomic E-state index is 12.1. The maximum atomic E-state index is 12.1. The molecule has 1 fully saturated rings. The van der Waals surface area contributed by atoms with Crippen LogP contribution in [0.1, 0.15) is 19.8 Å². The number of nitrogens with zero attached hydrogens (tertiary/aromatic N) is 4. The third-order valence-corrected chi connectivity index (χ3v) is 7.65. The quantitative estimate of drug-likeness (QED) is 0.527. The number of likely N-dealkylation sites (tertiary alicyclic amines) is 1. The van der Waals surface area contributed by atoms with E-state index in [-0.39, 0.29) is 5.91 Å². The number of amides is 1. The second kappa shape index (κ2) is 9.52. The van der Waals surface area contributed by atoms with Crippen molar-refractivity contribution in [1.82, 2.24) is 19.4 Å². The van der Waals surface area contributed by atoms with Gasteiger partial charge in [0.1, 0.15) is 24.8 Å². The number of aliphatic hydroxyl groups excluding tert-OH is 1. The predicted octanol–water partition coefficient (Wildman–Crippen LogP) is 3.21. The number of hydrogen-bond donors (Lipinski definition) is 2. The number of ether oxygens (including phenoxy) is 2. The first-order valence-electron chi connectivity index (χ1n) is 11.2. The van der Waals surface area contributed by atoms with Crippen LogP contribution >= 0.6 is 23.4 Å². The minimum atomic E-state index is -0.967. The Labute approximate surface area is 206 Å². The average molecular weight is 504 g/mol. The monoisotopic (exact) mass is 503 g/mol. The van der Waals surface area contributed by atoms with Crippen molar-refractivity contribution in [3.8, 4) is 11.5 Å². The van der Waals surface area contributed by atoms with E-state index in [1.807, 2.05) is 12.1 Å². The van der Waals surface area contributed by atoms with E-state index in [0.29, 0.717) is 66.6 Å². The number of hydrogen-bond acceptors (Lipinski definition) is 8. The lowest BCUT2D eigenvalue weighted by Crippen LogP contribution is -2.36. The third-order valence-electron chi connectivity index (χ3n) is 6.17. The van der Waals surface area contributed by atoms with Crippen LogP contribution in [0.5, 0.6) is 11.5 Å². The van der Waals surface area contributed by atoms with E-state index in [2.05, 4.69) is 9.55 Å². The first-order valence-corrected chi connectivity index (χ1v) is 12.4. The van der Waals surface area contributed by atoms with Crippen molar-refractivity contribution in [3.63, 3.8) is 0 Å². The Hall–Kier alpha value is -2.69. The van der Waals surface area contributed by atoms with Gasteiger partial charge >= 0.3 is 0 Å². The van der Waals surface area contributed by atoms with Crippen molar-refractivity contribution >= 4 is 46.1 Å². The molecule has 1 amide bonds. The van der Waals surface area contributed by atoms with Gasteiger partial charge < -0.3 is 29.8 Å². The van der Waals surface area contributed by atoms with Gasteiger partial charge in [0.2, 0.25) is 0 Å². The van der Waals surface area contributed by atoms with E-state index >= 15 is 0 Å². The Kier molecular flexibility index (Phi) is 6.46. The molecule has 0 radical (unpaired) electrons. The number of aryl methyl sites for hydroxylation is 1. The van der Waals surface area contributed by atoms with E-state index in [4.69, 9.17) is 31.8 Å². The number of pyridine rings is 1. The summed E-state index contributed by atoms with van der Waals surface area (Å²) in [5, 5.41) is 10.9. The van der Waals surface area contributed by atoms with Crippen molar-refractivity contribution in [2.24, 2.45) is 5.92 Å². The molecule has 2 atom stereocenters. The minimum absolute atomic E-state index is 0.209. The Balaban J connectivity index is 1.40. The summed E-state index contributed by atoms with van der Waals surface area (Å²) in [7, 11) is 0. The first-order chi connectivity index (χ1) is 16.4.